The molecule has 0 unspecified atom stereocenters. The third kappa shape index (κ3) is 4.73. The van der Waals surface area contributed by atoms with E-state index in [1.807, 2.05) is 78.0 Å². The molecule has 7 nitrogen and oxygen atoms in total. The van der Waals surface area contributed by atoms with Gasteiger partial charge in [0.05, 0.1) is 25.4 Å². The zero-order chi connectivity index (χ0) is 22.5. The van der Waals surface area contributed by atoms with Gasteiger partial charge in [0.1, 0.15) is 11.4 Å². The molecule has 0 fully saturated rings. The van der Waals surface area contributed by atoms with E-state index in [1.165, 1.54) is 0 Å². The molecule has 0 saturated heterocycles. The van der Waals surface area contributed by atoms with Gasteiger partial charge in [-0.3, -0.25) is 14.5 Å². The van der Waals surface area contributed by atoms with Crippen molar-refractivity contribution in [2.75, 3.05) is 33.8 Å². The molecule has 3 heterocycles. The largest absolute Gasteiger partial charge is 0.494 e. The van der Waals surface area contributed by atoms with Crippen molar-refractivity contribution in [1.29, 1.82) is 0 Å². The Morgan fingerprint density at radius 3 is 2.53 bits per heavy atom. The summed E-state index contributed by atoms with van der Waals surface area (Å²) in [6.45, 7) is 5.17. The van der Waals surface area contributed by atoms with Gasteiger partial charge in [-0.2, -0.15) is 5.10 Å². The Hall–Kier alpha value is -3.45. The van der Waals surface area contributed by atoms with Gasteiger partial charge >= 0.3 is 0 Å². The molecule has 2 aromatic heterocycles. The normalized spacial score (nSPS) is 13.6. The van der Waals surface area contributed by atoms with Gasteiger partial charge in [0.2, 0.25) is 5.91 Å². The van der Waals surface area contributed by atoms with Crippen LogP contribution >= 0.6 is 0 Å². The number of hydrogen-bond donors (Lipinski definition) is 0. The molecule has 0 spiro atoms. The number of benzene rings is 1. The van der Waals surface area contributed by atoms with Gasteiger partial charge in [-0.1, -0.05) is 6.08 Å². The van der Waals surface area contributed by atoms with Crippen molar-refractivity contribution in [2.24, 2.45) is 0 Å². The number of likely N-dealkylation sites (N-methyl/N-ethyl adjacent to an activating group) is 1. The Morgan fingerprint density at radius 2 is 1.84 bits per heavy atom. The summed E-state index contributed by atoms with van der Waals surface area (Å²) in [6.07, 6.45) is 7.16. The zero-order valence-corrected chi connectivity index (χ0v) is 18.9. The predicted octanol–water partition coefficient (Wildman–Crippen LogP) is 3.47. The van der Waals surface area contributed by atoms with E-state index in [9.17, 15) is 4.79 Å². The van der Waals surface area contributed by atoms with E-state index >= 15 is 0 Å². The topological polar surface area (TPSA) is 63.5 Å². The highest BCUT2D eigenvalue weighted by Gasteiger charge is 2.27. The monoisotopic (exact) mass is 431 g/mol. The second kappa shape index (κ2) is 9.78. The minimum absolute atomic E-state index is 0.0302. The number of amides is 1. The lowest BCUT2D eigenvalue weighted by Crippen LogP contribution is -2.37. The molecule has 0 atom stereocenters. The van der Waals surface area contributed by atoms with Crippen LogP contribution in [0, 0.1) is 0 Å². The molecule has 166 valence electrons. The molecule has 1 aliphatic heterocycles. The number of carbonyl (C=O) groups excluding carboxylic acids is 1. The highest BCUT2D eigenvalue weighted by molar-refractivity contribution is 5.88. The van der Waals surface area contributed by atoms with Crippen LogP contribution in [0.4, 0.5) is 0 Å². The minimum Gasteiger partial charge on any atom is -0.494 e. The lowest BCUT2D eigenvalue weighted by Gasteiger charge is -2.27. The second-order valence-electron chi connectivity index (χ2n) is 8.01. The smallest absolute Gasteiger partial charge is 0.246 e. The second-order valence-corrected chi connectivity index (χ2v) is 8.01. The van der Waals surface area contributed by atoms with Gasteiger partial charge in [0.25, 0.3) is 0 Å². The van der Waals surface area contributed by atoms with E-state index < -0.39 is 0 Å². The van der Waals surface area contributed by atoms with Crippen LogP contribution in [0.15, 0.2) is 60.9 Å². The lowest BCUT2D eigenvalue weighted by molar-refractivity contribution is -0.127. The Morgan fingerprint density at radius 1 is 1.09 bits per heavy atom. The summed E-state index contributed by atoms with van der Waals surface area (Å²) in [5.74, 6) is 0.870. The van der Waals surface area contributed by atoms with Gasteiger partial charge in [0, 0.05) is 42.7 Å². The van der Waals surface area contributed by atoms with Crippen LogP contribution in [0.5, 0.6) is 5.75 Å². The van der Waals surface area contributed by atoms with Crippen molar-refractivity contribution in [2.45, 2.75) is 20.0 Å². The minimum atomic E-state index is 0.0302. The SMILES string of the molecule is CCOc1ccc(-c2nn3c(c2-c2ccncc2)CN(C(=O)/C=C/CN(C)C)CC3)cc1. The van der Waals surface area contributed by atoms with Crippen molar-refractivity contribution in [3.8, 4) is 28.1 Å². The van der Waals surface area contributed by atoms with Crippen LogP contribution in [0.25, 0.3) is 22.4 Å². The number of fused-ring (bicyclic) bond motifs is 1. The number of pyridine rings is 1. The van der Waals surface area contributed by atoms with E-state index in [-0.39, 0.29) is 5.91 Å². The molecule has 4 rings (SSSR count). The third-order valence-electron chi connectivity index (χ3n) is 5.43. The van der Waals surface area contributed by atoms with Gasteiger partial charge < -0.3 is 14.5 Å². The number of nitrogens with zero attached hydrogens (tertiary/aromatic N) is 5. The van der Waals surface area contributed by atoms with E-state index in [2.05, 4.69) is 4.98 Å². The average molecular weight is 432 g/mol. The molecular weight excluding hydrogens is 402 g/mol. The first-order chi connectivity index (χ1) is 15.6. The Kier molecular flexibility index (Phi) is 6.66. The maximum absolute atomic E-state index is 12.8. The first kappa shape index (κ1) is 21.8. The summed E-state index contributed by atoms with van der Waals surface area (Å²) in [5.41, 5.74) is 5.06. The van der Waals surface area contributed by atoms with E-state index in [0.29, 0.717) is 26.2 Å². The molecule has 3 aromatic rings. The predicted molar refractivity (Wildman–Crippen MR) is 125 cm³/mol. The molecule has 0 bridgehead atoms. The van der Waals surface area contributed by atoms with Gasteiger partial charge in [-0.15, -0.1) is 0 Å². The van der Waals surface area contributed by atoms with Crippen LogP contribution < -0.4 is 4.74 Å². The number of aromatic nitrogens is 3. The van der Waals surface area contributed by atoms with Crippen LogP contribution in [0.1, 0.15) is 12.6 Å². The molecule has 0 radical (unpaired) electrons. The van der Waals surface area contributed by atoms with E-state index in [0.717, 1.165) is 40.4 Å². The van der Waals surface area contributed by atoms with Crippen LogP contribution in [-0.2, 0) is 17.9 Å². The molecular formula is C25H29N5O2. The summed E-state index contributed by atoms with van der Waals surface area (Å²) in [5, 5.41) is 4.94. The van der Waals surface area contributed by atoms with Gasteiger partial charge in [-0.05, 0) is 63.0 Å². The van der Waals surface area contributed by atoms with Crippen LogP contribution in [0.3, 0.4) is 0 Å². The van der Waals surface area contributed by atoms with E-state index in [4.69, 9.17) is 9.84 Å². The summed E-state index contributed by atoms with van der Waals surface area (Å²) in [6, 6.07) is 12.0. The number of ether oxygens (including phenoxy) is 1. The maximum Gasteiger partial charge on any atom is 0.246 e. The molecule has 0 N–H and O–H groups in total. The fourth-order valence-corrected chi connectivity index (χ4v) is 3.88. The van der Waals surface area contributed by atoms with Crippen LogP contribution in [-0.4, -0.2) is 64.3 Å². The standard InChI is InChI=1S/C25H29N5O2/c1-4-32-21-9-7-20(8-10-21)25-24(19-11-13-26-14-12-19)22-18-29(16-17-30(22)27-25)23(31)6-5-15-28(2)3/h5-14H,4,15-18H2,1-3H3/b6-5+. The lowest BCUT2D eigenvalue weighted by atomic mass is 9.99. The van der Waals surface area contributed by atoms with Crippen molar-refractivity contribution >= 4 is 5.91 Å². The van der Waals surface area contributed by atoms with Gasteiger partial charge in [0.15, 0.2) is 0 Å². The van der Waals surface area contributed by atoms with Crippen molar-refractivity contribution < 1.29 is 9.53 Å². The summed E-state index contributed by atoms with van der Waals surface area (Å²) >= 11 is 0. The van der Waals surface area contributed by atoms with Crippen molar-refractivity contribution in [1.82, 2.24) is 24.6 Å². The Labute approximate surface area is 188 Å². The molecule has 0 saturated carbocycles. The quantitative estimate of drug-likeness (QED) is 0.536. The average Bonchev–Trinajstić information content (AvgIpc) is 3.19. The highest BCUT2D eigenvalue weighted by Crippen LogP contribution is 2.36. The first-order valence-corrected chi connectivity index (χ1v) is 10.9. The first-order valence-electron chi connectivity index (χ1n) is 10.9. The summed E-state index contributed by atoms with van der Waals surface area (Å²) in [7, 11) is 3.97. The number of carbonyl (C=O) groups is 1. The van der Waals surface area contributed by atoms with Crippen molar-refractivity contribution in [3.63, 3.8) is 0 Å². The molecule has 1 amide bonds. The Balaban J connectivity index is 1.70. The molecule has 0 aliphatic carbocycles. The third-order valence-corrected chi connectivity index (χ3v) is 5.43. The fraction of sp³-hybridized carbons (Fsp3) is 0.320. The highest BCUT2D eigenvalue weighted by atomic mass is 16.5. The summed E-state index contributed by atoms with van der Waals surface area (Å²) in [4.78, 5) is 20.9. The summed E-state index contributed by atoms with van der Waals surface area (Å²) < 4.78 is 7.63. The molecule has 32 heavy (non-hydrogen) atoms. The molecule has 1 aliphatic rings. The zero-order valence-electron chi connectivity index (χ0n) is 18.9. The number of rotatable bonds is 7. The number of hydrogen-bond acceptors (Lipinski definition) is 5. The van der Waals surface area contributed by atoms with E-state index in [1.54, 1.807) is 18.5 Å². The van der Waals surface area contributed by atoms with Crippen LogP contribution in [0.2, 0.25) is 0 Å². The molecule has 1 aromatic carbocycles. The molecule has 7 heteroatoms. The fourth-order valence-electron chi connectivity index (χ4n) is 3.88. The maximum atomic E-state index is 12.8. The Bertz CT molecular complexity index is 1090. The van der Waals surface area contributed by atoms with Gasteiger partial charge in [-0.25, -0.2) is 0 Å². The van der Waals surface area contributed by atoms with Crippen molar-refractivity contribution in [3.05, 3.63) is 66.6 Å².